The van der Waals surface area contributed by atoms with E-state index in [0.29, 0.717) is 10.8 Å². The van der Waals surface area contributed by atoms with Crippen LogP contribution in [0.3, 0.4) is 0 Å². The van der Waals surface area contributed by atoms with Crippen molar-refractivity contribution in [2.45, 2.75) is 0 Å². The maximum atomic E-state index is 10.6. The number of hydrogen-bond acceptors (Lipinski definition) is 3. The Morgan fingerprint density at radius 3 is 2.83 bits per heavy atom. The minimum atomic E-state index is -0.753. The Balaban J connectivity index is 2.69. The summed E-state index contributed by atoms with van der Waals surface area (Å²) in [5.74, 6) is 0.370. The lowest BCUT2D eigenvalue weighted by Gasteiger charge is -2.01. The van der Waals surface area contributed by atoms with Crippen LogP contribution in [0.4, 0.5) is 4.79 Å². The van der Waals surface area contributed by atoms with Gasteiger partial charge in [-0.1, -0.05) is 17.7 Å². The van der Waals surface area contributed by atoms with E-state index in [2.05, 4.69) is 4.74 Å². The highest BCUT2D eigenvalue weighted by molar-refractivity contribution is 6.30. The smallest absolute Gasteiger partial charge is 0.437 e. The molecule has 1 rings (SSSR count). The van der Waals surface area contributed by atoms with Crippen molar-refractivity contribution in [1.82, 2.24) is 0 Å². The summed E-state index contributed by atoms with van der Waals surface area (Å²) in [5.41, 5.74) is 0. The summed E-state index contributed by atoms with van der Waals surface area (Å²) in [6.07, 6.45) is -0.753. The molecule has 0 N–H and O–H groups in total. The molecule has 0 fully saturated rings. The molecule has 0 spiro atoms. The zero-order valence-electron chi connectivity index (χ0n) is 6.41. The van der Waals surface area contributed by atoms with Gasteiger partial charge in [0.2, 0.25) is 0 Å². The van der Waals surface area contributed by atoms with Crippen molar-refractivity contribution >= 4 is 17.8 Å². The van der Waals surface area contributed by atoms with Gasteiger partial charge >= 0.3 is 6.16 Å². The quantitative estimate of drug-likeness (QED) is 0.499. The van der Waals surface area contributed by atoms with E-state index >= 15 is 0 Å². The van der Waals surface area contributed by atoms with Gasteiger partial charge in [-0.15, -0.1) is 0 Å². The first-order valence-corrected chi connectivity index (χ1v) is 3.61. The third-order valence-electron chi connectivity index (χ3n) is 1.16. The van der Waals surface area contributed by atoms with E-state index in [0.717, 1.165) is 0 Å². The van der Waals surface area contributed by atoms with E-state index in [1.165, 1.54) is 13.2 Å². The first kappa shape index (κ1) is 8.87. The van der Waals surface area contributed by atoms with Crippen LogP contribution in [-0.4, -0.2) is 13.3 Å². The van der Waals surface area contributed by atoms with Crippen molar-refractivity contribution in [3.8, 4) is 5.75 Å². The van der Waals surface area contributed by atoms with Gasteiger partial charge in [-0.25, -0.2) is 4.79 Å². The Kier molecular flexibility index (Phi) is 2.94. The van der Waals surface area contributed by atoms with Crippen LogP contribution in [0.5, 0.6) is 5.75 Å². The van der Waals surface area contributed by atoms with Crippen molar-refractivity contribution in [3.05, 3.63) is 29.3 Å². The van der Waals surface area contributed by atoms with Gasteiger partial charge in [0.05, 0.1) is 7.11 Å². The lowest BCUT2D eigenvalue weighted by atomic mass is 10.3. The van der Waals surface area contributed by atoms with Gasteiger partial charge in [-0.05, 0) is 18.2 Å². The Hall–Kier alpha value is -1.22. The van der Waals surface area contributed by atoms with E-state index < -0.39 is 6.16 Å². The van der Waals surface area contributed by atoms with Crippen LogP contribution in [0.2, 0.25) is 5.02 Å². The number of benzene rings is 1. The average Bonchev–Trinajstić information content (AvgIpc) is 2.04. The fraction of sp³-hybridized carbons (Fsp3) is 0.125. The summed E-state index contributed by atoms with van der Waals surface area (Å²) in [4.78, 5) is 10.6. The molecule has 3 nitrogen and oxygen atoms in total. The van der Waals surface area contributed by atoms with Crippen LogP contribution in [0.15, 0.2) is 24.3 Å². The predicted octanol–water partition coefficient (Wildman–Crippen LogP) is 2.49. The molecule has 0 aliphatic rings. The molecule has 0 unspecified atom stereocenters. The number of hydrogen-bond donors (Lipinski definition) is 0. The van der Waals surface area contributed by atoms with E-state index in [1.54, 1.807) is 18.2 Å². The Morgan fingerprint density at radius 1 is 1.50 bits per heavy atom. The van der Waals surface area contributed by atoms with Crippen molar-refractivity contribution in [2.75, 3.05) is 7.11 Å². The molecule has 0 amide bonds. The fourth-order valence-electron chi connectivity index (χ4n) is 0.668. The van der Waals surface area contributed by atoms with E-state index in [-0.39, 0.29) is 0 Å². The monoisotopic (exact) mass is 186 g/mol. The molecule has 0 saturated heterocycles. The Morgan fingerprint density at radius 2 is 2.25 bits per heavy atom. The minimum Gasteiger partial charge on any atom is -0.437 e. The van der Waals surface area contributed by atoms with E-state index in [4.69, 9.17) is 16.3 Å². The zero-order chi connectivity index (χ0) is 8.97. The lowest BCUT2D eigenvalue weighted by molar-refractivity contribution is 0.121. The lowest BCUT2D eigenvalue weighted by Crippen LogP contribution is -2.06. The van der Waals surface area contributed by atoms with Gasteiger partial charge in [0.25, 0.3) is 0 Å². The topological polar surface area (TPSA) is 35.5 Å². The van der Waals surface area contributed by atoms with Crippen LogP contribution >= 0.6 is 11.6 Å². The molecule has 0 aliphatic heterocycles. The zero-order valence-corrected chi connectivity index (χ0v) is 7.17. The number of carbonyl (C=O) groups excluding carboxylic acids is 1. The highest BCUT2D eigenvalue weighted by Gasteiger charge is 2.02. The van der Waals surface area contributed by atoms with Gasteiger partial charge in [0, 0.05) is 5.02 Å². The molecule has 0 saturated carbocycles. The number of halogens is 1. The SMILES string of the molecule is COC(=O)Oc1cccc(Cl)c1. The molecule has 0 aliphatic carbocycles. The van der Waals surface area contributed by atoms with E-state index in [1.807, 2.05) is 0 Å². The summed E-state index contributed by atoms with van der Waals surface area (Å²) in [5, 5.41) is 0.511. The first-order chi connectivity index (χ1) is 5.72. The molecule has 0 atom stereocenters. The maximum absolute atomic E-state index is 10.6. The van der Waals surface area contributed by atoms with E-state index in [9.17, 15) is 4.79 Å². The van der Waals surface area contributed by atoms with Crippen LogP contribution in [0.1, 0.15) is 0 Å². The molecule has 64 valence electrons. The predicted molar refractivity (Wildman–Crippen MR) is 44.5 cm³/mol. The summed E-state index contributed by atoms with van der Waals surface area (Å²) in [6.45, 7) is 0. The summed E-state index contributed by atoms with van der Waals surface area (Å²) in [7, 11) is 1.24. The van der Waals surface area contributed by atoms with Crippen LogP contribution in [-0.2, 0) is 4.74 Å². The normalized spacial score (nSPS) is 9.17. The number of carbonyl (C=O) groups is 1. The first-order valence-electron chi connectivity index (χ1n) is 3.24. The van der Waals surface area contributed by atoms with Gasteiger partial charge < -0.3 is 9.47 Å². The Labute approximate surface area is 74.9 Å². The van der Waals surface area contributed by atoms with Crippen LogP contribution in [0.25, 0.3) is 0 Å². The largest absolute Gasteiger partial charge is 0.513 e. The minimum absolute atomic E-state index is 0.370. The molecule has 0 heterocycles. The second-order valence-electron chi connectivity index (χ2n) is 2.01. The van der Waals surface area contributed by atoms with Gasteiger partial charge in [-0.2, -0.15) is 0 Å². The summed E-state index contributed by atoms with van der Waals surface area (Å²) < 4.78 is 8.99. The second-order valence-corrected chi connectivity index (χ2v) is 2.45. The molecule has 1 aromatic rings. The standard InChI is InChI=1S/C8H7ClO3/c1-11-8(10)12-7-4-2-3-6(9)5-7/h2-5H,1H3. The molecule has 1 aromatic carbocycles. The van der Waals surface area contributed by atoms with Gasteiger partial charge in [0.15, 0.2) is 0 Å². The summed E-state index contributed by atoms with van der Waals surface area (Å²) in [6, 6.07) is 6.51. The molecule has 0 bridgehead atoms. The fourth-order valence-corrected chi connectivity index (χ4v) is 0.849. The third kappa shape index (κ3) is 2.43. The van der Waals surface area contributed by atoms with Crippen molar-refractivity contribution in [3.63, 3.8) is 0 Å². The highest BCUT2D eigenvalue weighted by Crippen LogP contribution is 2.17. The molecule has 0 radical (unpaired) electrons. The van der Waals surface area contributed by atoms with Crippen LogP contribution < -0.4 is 4.74 Å². The third-order valence-corrected chi connectivity index (χ3v) is 1.40. The van der Waals surface area contributed by atoms with Gasteiger partial charge in [-0.3, -0.25) is 0 Å². The van der Waals surface area contributed by atoms with Crippen molar-refractivity contribution < 1.29 is 14.3 Å². The second kappa shape index (κ2) is 3.97. The Bertz CT molecular complexity index is 285. The van der Waals surface area contributed by atoms with Gasteiger partial charge in [0.1, 0.15) is 5.75 Å². The number of rotatable bonds is 1. The van der Waals surface area contributed by atoms with Crippen molar-refractivity contribution in [2.24, 2.45) is 0 Å². The average molecular weight is 187 g/mol. The van der Waals surface area contributed by atoms with Crippen LogP contribution in [0, 0.1) is 0 Å². The number of ether oxygens (including phenoxy) is 2. The van der Waals surface area contributed by atoms with Crippen molar-refractivity contribution in [1.29, 1.82) is 0 Å². The molecular weight excluding hydrogens is 180 g/mol. The maximum Gasteiger partial charge on any atom is 0.513 e. The molecular formula is C8H7ClO3. The number of methoxy groups -OCH3 is 1. The highest BCUT2D eigenvalue weighted by atomic mass is 35.5. The molecule has 12 heavy (non-hydrogen) atoms. The molecule has 0 aromatic heterocycles. The molecule has 4 heteroatoms. The summed E-state index contributed by atoms with van der Waals surface area (Å²) >= 11 is 5.64.